The van der Waals surface area contributed by atoms with Gasteiger partial charge in [0, 0.05) is 19.3 Å². The minimum Gasteiger partial charge on any atom is -0.462 e. The predicted octanol–water partition coefficient (Wildman–Crippen LogP) is 19.4. The van der Waals surface area contributed by atoms with Gasteiger partial charge in [0.2, 0.25) is 0 Å². The van der Waals surface area contributed by atoms with Crippen LogP contribution < -0.4 is 0 Å². The quantitative estimate of drug-likeness (QED) is 0.0199. The molecule has 1 unspecified atom stereocenters. The number of ether oxygens (including phenoxy) is 3. The van der Waals surface area contributed by atoms with Crippen LogP contribution in [0.5, 0.6) is 0 Å². The molecule has 0 aromatic heterocycles. The van der Waals surface area contributed by atoms with Gasteiger partial charge in [-0.3, -0.25) is 14.4 Å². The molecule has 0 radical (unpaired) electrons. The highest BCUT2D eigenvalue weighted by Gasteiger charge is 2.19. The average molecular weight is 982 g/mol. The van der Waals surface area contributed by atoms with E-state index in [1.807, 2.05) is 48.6 Å². The van der Waals surface area contributed by atoms with Gasteiger partial charge in [-0.05, 0) is 83.5 Å². The van der Waals surface area contributed by atoms with Crippen LogP contribution in [0.2, 0.25) is 0 Å². The number of unbranched alkanes of at least 4 members (excludes halogenated alkanes) is 25. The first-order valence-electron chi connectivity index (χ1n) is 28.8. The van der Waals surface area contributed by atoms with Gasteiger partial charge in [0.1, 0.15) is 13.2 Å². The molecule has 0 aromatic carbocycles. The number of rotatable bonds is 50. The van der Waals surface area contributed by atoms with E-state index < -0.39 is 6.10 Å². The summed E-state index contributed by atoms with van der Waals surface area (Å²) >= 11 is 0. The zero-order valence-electron chi connectivity index (χ0n) is 45.7. The molecule has 1 atom stereocenters. The molecule has 6 heteroatoms. The minimum absolute atomic E-state index is 0.104. The second kappa shape index (κ2) is 58.1. The summed E-state index contributed by atoms with van der Waals surface area (Å²) in [4.78, 5) is 38.2. The van der Waals surface area contributed by atoms with Crippen LogP contribution >= 0.6 is 0 Å². The molecule has 0 amide bonds. The zero-order valence-corrected chi connectivity index (χ0v) is 45.7. The largest absolute Gasteiger partial charge is 0.462 e. The van der Waals surface area contributed by atoms with E-state index in [-0.39, 0.29) is 37.5 Å². The van der Waals surface area contributed by atoms with Crippen molar-refractivity contribution in [2.24, 2.45) is 0 Å². The van der Waals surface area contributed by atoms with Crippen LogP contribution in [0.15, 0.2) is 134 Å². The van der Waals surface area contributed by atoms with E-state index in [0.29, 0.717) is 12.8 Å². The van der Waals surface area contributed by atoms with Crippen molar-refractivity contribution in [3.05, 3.63) is 134 Å². The Hall–Kier alpha value is -4.45. The Balaban J connectivity index is 4.54. The van der Waals surface area contributed by atoms with Crippen molar-refractivity contribution < 1.29 is 28.6 Å². The van der Waals surface area contributed by atoms with E-state index in [9.17, 15) is 14.4 Å². The van der Waals surface area contributed by atoms with Gasteiger partial charge in [-0.2, -0.15) is 0 Å². The summed E-state index contributed by atoms with van der Waals surface area (Å²) in [6.45, 7) is 6.41. The number of carbonyl (C=O) groups excluding carboxylic acids is 3. The number of carbonyl (C=O) groups is 3. The summed E-state index contributed by atoms with van der Waals surface area (Å²) in [7, 11) is 0. The summed E-state index contributed by atoms with van der Waals surface area (Å²) < 4.78 is 16.8. The van der Waals surface area contributed by atoms with Crippen molar-refractivity contribution in [3.8, 4) is 0 Å². The van der Waals surface area contributed by atoms with E-state index in [0.717, 1.165) is 109 Å². The van der Waals surface area contributed by atoms with Crippen molar-refractivity contribution in [1.82, 2.24) is 0 Å². The monoisotopic (exact) mass is 981 g/mol. The van der Waals surface area contributed by atoms with Crippen molar-refractivity contribution >= 4 is 17.9 Å². The predicted molar refractivity (Wildman–Crippen MR) is 306 cm³/mol. The fourth-order valence-electron chi connectivity index (χ4n) is 7.50. The van der Waals surface area contributed by atoms with Gasteiger partial charge >= 0.3 is 17.9 Å². The molecule has 400 valence electrons. The molecule has 0 rings (SSSR count). The highest BCUT2D eigenvalue weighted by molar-refractivity contribution is 5.71. The molecule has 0 saturated heterocycles. The Kier molecular flexibility index (Phi) is 54.5. The highest BCUT2D eigenvalue weighted by atomic mass is 16.6. The maximum absolute atomic E-state index is 12.9. The standard InChI is InChI=1S/C65H104O6/c1-4-7-10-13-16-19-22-25-28-31-34-37-40-43-46-49-52-55-58-64(67)70-61-62(60-69-63(66)57-54-51-48-45-42-39-36-33-30-27-24-21-18-15-12-9-6-3)71-65(68)59-56-53-50-47-44-41-38-35-32-29-26-23-20-17-14-11-8-5-2/h10-11,13-14,16-17,19-20,22-23,25-32,34-35,37-38,62H,4-9,12,15,18,21,24,33,36,39-61H2,1-3H3/b13-10-,14-11-,19-16-,20-17-,25-22-,26-23-,30-27-,31-28-,32-29-,37-34-,38-35-. The number of hydrogen-bond acceptors (Lipinski definition) is 6. The van der Waals surface area contributed by atoms with Gasteiger partial charge in [-0.15, -0.1) is 0 Å². The molecule has 0 bridgehead atoms. The third kappa shape index (κ3) is 56.3. The third-order valence-corrected chi connectivity index (χ3v) is 11.8. The number of allylic oxidation sites excluding steroid dienone is 22. The van der Waals surface area contributed by atoms with Crippen LogP contribution in [0.25, 0.3) is 0 Å². The first kappa shape index (κ1) is 66.6. The Morgan fingerprint density at radius 3 is 0.887 bits per heavy atom. The summed E-state index contributed by atoms with van der Waals surface area (Å²) in [6.07, 6.45) is 81.3. The van der Waals surface area contributed by atoms with Gasteiger partial charge in [-0.25, -0.2) is 0 Å². The Labute approximate surface area is 436 Å². The number of esters is 3. The Morgan fingerprint density at radius 2 is 0.549 bits per heavy atom. The summed E-state index contributed by atoms with van der Waals surface area (Å²) in [6, 6.07) is 0. The highest BCUT2D eigenvalue weighted by Crippen LogP contribution is 2.14. The van der Waals surface area contributed by atoms with E-state index in [1.54, 1.807) is 0 Å². The second-order valence-corrected chi connectivity index (χ2v) is 18.7. The van der Waals surface area contributed by atoms with E-state index in [1.165, 1.54) is 89.9 Å². The average Bonchev–Trinajstić information content (AvgIpc) is 3.37. The van der Waals surface area contributed by atoms with E-state index in [2.05, 4.69) is 106 Å². The van der Waals surface area contributed by atoms with E-state index in [4.69, 9.17) is 14.2 Å². The lowest BCUT2D eigenvalue weighted by Gasteiger charge is -2.18. The van der Waals surface area contributed by atoms with Crippen LogP contribution in [0.1, 0.15) is 239 Å². The fourth-order valence-corrected chi connectivity index (χ4v) is 7.50. The molecular formula is C65H104O6. The van der Waals surface area contributed by atoms with Crippen LogP contribution in [0.3, 0.4) is 0 Å². The molecule has 71 heavy (non-hydrogen) atoms. The van der Waals surface area contributed by atoms with Crippen molar-refractivity contribution in [2.75, 3.05) is 13.2 Å². The smallest absolute Gasteiger partial charge is 0.306 e. The first-order chi connectivity index (χ1) is 35.0. The topological polar surface area (TPSA) is 78.9 Å². The summed E-state index contributed by atoms with van der Waals surface area (Å²) in [5, 5.41) is 0. The van der Waals surface area contributed by atoms with E-state index >= 15 is 0 Å². The van der Waals surface area contributed by atoms with Gasteiger partial charge in [0.05, 0.1) is 0 Å². The third-order valence-electron chi connectivity index (χ3n) is 11.8. The molecule has 0 aliphatic carbocycles. The molecule has 0 heterocycles. The Morgan fingerprint density at radius 1 is 0.282 bits per heavy atom. The van der Waals surface area contributed by atoms with Crippen LogP contribution in [-0.2, 0) is 28.6 Å². The maximum Gasteiger partial charge on any atom is 0.306 e. The lowest BCUT2D eigenvalue weighted by molar-refractivity contribution is -0.167. The van der Waals surface area contributed by atoms with Gasteiger partial charge in [-0.1, -0.05) is 270 Å². The van der Waals surface area contributed by atoms with Gasteiger partial charge < -0.3 is 14.2 Å². The molecule has 0 fully saturated rings. The summed E-state index contributed by atoms with van der Waals surface area (Å²) in [5.74, 6) is -0.962. The van der Waals surface area contributed by atoms with Crippen LogP contribution in [-0.4, -0.2) is 37.2 Å². The zero-order chi connectivity index (χ0) is 51.4. The fraction of sp³-hybridized carbons (Fsp3) is 0.615. The van der Waals surface area contributed by atoms with Crippen molar-refractivity contribution in [2.45, 2.75) is 245 Å². The van der Waals surface area contributed by atoms with Crippen LogP contribution in [0.4, 0.5) is 0 Å². The number of hydrogen-bond donors (Lipinski definition) is 0. The van der Waals surface area contributed by atoms with Crippen molar-refractivity contribution in [1.29, 1.82) is 0 Å². The normalized spacial score (nSPS) is 13.1. The maximum atomic E-state index is 12.9. The summed E-state index contributed by atoms with van der Waals surface area (Å²) in [5.41, 5.74) is 0. The molecule has 0 aliphatic heterocycles. The second-order valence-electron chi connectivity index (χ2n) is 18.7. The van der Waals surface area contributed by atoms with Crippen molar-refractivity contribution in [3.63, 3.8) is 0 Å². The molecular weight excluding hydrogens is 877 g/mol. The lowest BCUT2D eigenvalue weighted by atomic mass is 10.1. The first-order valence-corrected chi connectivity index (χ1v) is 28.8. The molecule has 0 aromatic rings. The SMILES string of the molecule is CCC\C=C/C=C\C=C/C=C\C=C/CCCCCCCC(=O)OCC(COC(=O)CCCCCCCCC/C=C\CCCCCCCC)OC(=O)CCCCCCC\C=C/C=C\C=C/C=C\C=C/CCC. The minimum atomic E-state index is -0.810. The molecule has 0 aliphatic rings. The lowest BCUT2D eigenvalue weighted by Crippen LogP contribution is -2.30. The van der Waals surface area contributed by atoms with Crippen LogP contribution in [0, 0.1) is 0 Å². The molecule has 0 N–H and O–H groups in total. The van der Waals surface area contributed by atoms with Gasteiger partial charge in [0.25, 0.3) is 0 Å². The molecule has 6 nitrogen and oxygen atoms in total. The molecule has 0 saturated carbocycles. The Bertz CT molecular complexity index is 1550. The molecule has 0 spiro atoms. The van der Waals surface area contributed by atoms with Gasteiger partial charge in [0.15, 0.2) is 6.10 Å².